The van der Waals surface area contributed by atoms with Crippen molar-refractivity contribution in [2.75, 3.05) is 11.5 Å². The van der Waals surface area contributed by atoms with Gasteiger partial charge in [-0.15, -0.1) is 0 Å². The molecule has 0 N–H and O–H groups in total. The van der Waals surface area contributed by atoms with Gasteiger partial charge in [-0.05, 0) is 23.4 Å². The summed E-state index contributed by atoms with van der Waals surface area (Å²) >= 11 is 11.9. The van der Waals surface area contributed by atoms with E-state index in [0.29, 0.717) is 0 Å². The van der Waals surface area contributed by atoms with Crippen LogP contribution in [0.25, 0.3) is 0 Å². The zero-order valence-electron chi connectivity index (χ0n) is 4.91. The van der Waals surface area contributed by atoms with Crippen LogP contribution in [0.15, 0.2) is 0 Å². The van der Waals surface area contributed by atoms with E-state index in [0.717, 1.165) is 5.25 Å². The molecule has 1 saturated heterocycles. The predicted molar refractivity (Wildman–Crippen MR) is 54.1 cm³/mol. The molecule has 4 heteroatoms. The first kappa shape index (κ1) is 8.11. The molecular formula is C5H8S4. The molecule has 0 nitrogen and oxygen atoms in total. The fraction of sp³-hybridized carbons (Fsp3) is 0.800. The molecule has 1 heterocycles. The third-order valence-electron chi connectivity index (χ3n) is 1.31. The Kier molecular flexibility index (Phi) is 3.61. The molecule has 1 aliphatic rings. The topological polar surface area (TPSA) is 0 Å². The Morgan fingerprint density at radius 3 is 2.89 bits per heavy atom. The highest BCUT2D eigenvalue weighted by molar-refractivity contribution is 8.40. The van der Waals surface area contributed by atoms with Gasteiger partial charge in [0.1, 0.15) is 0 Å². The summed E-state index contributed by atoms with van der Waals surface area (Å²) in [6.07, 6.45) is 1.28. The highest BCUT2D eigenvalue weighted by atomic mass is 32.8. The zero-order chi connectivity index (χ0) is 6.69. The van der Waals surface area contributed by atoms with Gasteiger partial charge in [-0.25, -0.2) is 0 Å². The maximum absolute atomic E-state index is 5.15. The first-order valence-electron chi connectivity index (χ1n) is 2.77. The average Bonchev–Trinajstić information content (AvgIpc) is 2.37. The Hall–Kier alpha value is 1.01. The van der Waals surface area contributed by atoms with Crippen molar-refractivity contribution in [3.05, 3.63) is 0 Å². The van der Waals surface area contributed by atoms with E-state index in [-0.39, 0.29) is 9.45 Å². The molecule has 0 radical (unpaired) electrons. The van der Waals surface area contributed by atoms with Crippen LogP contribution < -0.4 is 0 Å². The second-order valence-electron chi connectivity index (χ2n) is 1.91. The van der Waals surface area contributed by atoms with Crippen molar-refractivity contribution >= 4 is 49.3 Å². The summed E-state index contributed by atoms with van der Waals surface area (Å²) in [6.45, 7) is 0. The molecule has 1 rings (SSSR count). The minimum absolute atomic E-state index is 0. The van der Waals surface area contributed by atoms with Crippen molar-refractivity contribution < 1.29 is 0 Å². The third-order valence-corrected chi connectivity index (χ3v) is 6.03. The lowest BCUT2D eigenvalue weighted by Gasteiger charge is -2.03. The Bertz CT molecular complexity index is 125. The molecule has 52 valence electrons. The predicted octanol–water partition coefficient (Wildman–Crippen LogP) is 1.53. The van der Waals surface area contributed by atoms with E-state index in [4.69, 9.17) is 23.4 Å². The summed E-state index contributed by atoms with van der Waals surface area (Å²) in [5, 5.41) is 0.725. The SMILES string of the molecule is S=CS(=S)[C@H]1CCSC1. The van der Waals surface area contributed by atoms with E-state index in [1.807, 2.05) is 11.8 Å². The Morgan fingerprint density at radius 2 is 2.44 bits per heavy atom. The van der Waals surface area contributed by atoms with Gasteiger partial charge in [0.25, 0.3) is 0 Å². The maximum atomic E-state index is 5.15. The van der Waals surface area contributed by atoms with Crippen molar-refractivity contribution in [1.29, 1.82) is 0 Å². The summed E-state index contributed by atoms with van der Waals surface area (Å²) in [7, 11) is 0. The number of hydrogen-bond donors (Lipinski definition) is 0. The van der Waals surface area contributed by atoms with Crippen LogP contribution >= 0.6 is 24.0 Å². The van der Waals surface area contributed by atoms with Crippen molar-refractivity contribution in [2.24, 2.45) is 0 Å². The van der Waals surface area contributed by atoms with Gasteiger partial charge in [-0.3, -0.25) is 0 Å². The molecule has 2 atom stereocenters. The van der Waals surface area contributed by atoms with Crippen LogP contribution in [0.4, 0.5) is 0 Å². The Labute approximate surface area is 72.4 Å². The van der Waals surface area contributed by atoms with E-state index in [1.165, 1.54) is 17.9 Å². The zero-order valence-corrected chi connectivity index (χ0v) is 8.18. The molecule has 9 heavy (non-hydrogen) atoms. The third kappa shape index (κ3) is 2.26. The van der Waals surface area contributed by atoms with E-state index in [9.17, 15) is 0 Å². The molecule has 1 aliphatic heterocycles. The van der Waals surface area contributed by atoms with Gasteiger partial charge in [0.05, 0.1) is 0 Å². The van der Waals surface area contributed by atoms with E-state index in [2.05, 4.69) is 0 Å². The molecule has 1 unspecified atom stereocenters. The van der Waals surface area contributed by atoms with Gasteiger partial charge in [-0.1, -0.05) is 21.7 Å². The molecular weight excluding hydrogens is 188 g/mol. The van der Waals surface area contributed by atoms with Crippen LogP contribution in [0.5, 0.6) is 0 Å². The summed E-state index contributed by atoms with van der Waals surface area (Å²) in [6, 6.07) is 0. The largest absolute Gasteiger partial charge is 0.161 e. The quantitative estimate of drug-likeness (QED) is 0.615. The van der Waals surface area contributed by atoms with Gasteiger partial charge < -0.3 is 0 Å². The molecule has 1 fully saturated rings. The van der Waals surface area contributed by atoms with Gasteiger partial charge in [0, 0.05) is 15.7 Å². The second kappa shape index (κ2) is 4.01. The fourth-order valence-electron chi connectivity index (χ4n) is 0.775. The van der Waals surface area contributed by atoms with Crippen LogP contribution in [0.2, 0.25) is 0 Å². The molecule has 0 aromatic heterocycles. The maximum Gasteiger partial charge on any atom is 0.0390 e. The molecule has 0 aromatic rings. The van der Waals surface area contributed by atoms with Crippen molar-refractivity contribution in [3.63, 3.8) is 0 Å². The van der Waals surface area contributed by atoms with Crippen molar-refractivity contribution in [1.82, 2.24) is 0 Å². The monoisotopic (exact) mass is 196 g/mol. The van der Waals surface area contributed by atoms with Crippen molar-refractivity contribution in [2.45, 2.75) is 11.7 Å². The Morgan fingerprint density at radius 1 is 1.67 bits per heavy atom. The van der Waals surface area contributed by atoms with Crippen LogP contribution in [0.3, 0.4) is 0 Å². The minimum atomic E-state index is 0. The number of hydrogen-bond acceptors (Lipinski definition) is 3. The molecule has 0 amide bonds. The van der Waals surface area contributed by atoms with E-state index in [1.54, 1.807) is 4.70 Å². The van der Waals surface area contributed by atoms with Crippen molar-refractivity contribution in [3.8, 4) is 0 Å². The van der Waals surface area contributed by atoms with Crippen LogP contribution in [-0.4, -0.2) is 21.5 Å². The Balaban J connectivity index is 2.41. The summed E-state index contributed by atoms with van der Waals surface area (Å²) in [5.74, 6) is 2.52. The number of rotatable bonds is 2. The molecule has 0 bridgehead atoms. The van der Waals surface area contributed by atoms with Crippen LogP contribution in [-0.2, 0) is 20.6 Å². The van der Waals surface area contributed by atoms with Gasteiger partial charge in [0.2, 0.25) is 0 Å². The summed E-state index contributed by atoms with van der Waals surface area (Å²) in [4.78, 5) is 0. The normalized spacial score (nSPS) is 30.0. The number of thioether (sulfide) groups is 1. The lowest BCUT2D eigenvalue weighted by Crippen LogP contribution is -2.12. The molecule has 0 aliphatic carbocycles. The van der Waals surface area contributed by atoms with Gasteiger partial charge in [-0.2, -0.15) is 11.8 Å². The summed E-state index contributed by atoms with van der Waals surface area (Å²) in [5.41, 5.74) is 0. The first-order chi connectivity index (χ1) is 4.34. The molecule has 0 saturated carbocycles. The van der Waals surface area contributed by atoms with E-state index >= 15 is 0 Å². The van der Waals surface area contributed by atoms with E-state index < -0.39 is 0 Å². The lowest BCUT2D eigenvalue weighted by atomic mass is 10.4. The lowest BCUT2D eigenvalue weighted by molar-refractivity contribution is 0.973. The highest BCUT2D eigenvalue weighted by Crippen LogP contribution is 2.21. The van der Waals surface area contributed by atoms with Gasteiger partial charge in [0.15, 0.2) is 0 Å². The second-order valence-corrected chi connectivity index (χ2v) is 6.31. The number of thiocarbonyl (C=S) groups is 1. The standard InChI is InChI=1S/C5H8S4/c6-4-9(7)5-1-2-8-3-5/h4-5H,1-3H2/t5-,9?/m0/s1. The van der Waals surface area contributed by atoms with Crippen LogP contribution in [0.1, 0.15) is 6.42 Å². The molecule has 0 spiro atoms. The fourth-order valence-corrected chi connectivity index (χ4v) is 4.56. The highest BCUT2D eigenvalue weighted by Gasteiger charge is 2.16. The van der Waals surface area contributed by atoms with Gasteiger partial charge >= 0.3 is 0 Å². The molecule has 0 aromatic carbocycles. The first-order valence-corrected chi connectivity index (χ1v) is 6.67. The average molecular weight is 196 g/mol. The summed E-state index contributed by atoms with van der Waals surface area (Å²) < 4.78 is 1.76. The minimum Gasteiger partial charge on any atom is -0.161 e. The van der Waals surface area contributed by atoms with Crippen LogP contribution in [0, 0.1) is 0 Å². The smallest absolute Gasteiger partial charge is 0.0390 e.